The number of aromatic nitrogens is 3. The van der Waals surface area contributed by atoms with Gasteiger partial charge < -0.3 is 14.6 Å². The maximum Gasteiger partial charge on any atom is 0.195 e. The first-order valence-electron chi connectivity index (χ1n) is 6.63. The van der Waals surface area contributed by atoms with Gasteiger partial charge in [-0.15, -0.1) is 10.2 Å². The van der Waals surface area contributed by atoms with Crippen molar-refractivity contribution in [2.75, 3.05) is 20.3 Å². The Hall–Kier alpha value is -0.890. The number of nitrogens with zero attached hydrogens (tertiary/aromatic N) is 3. The van der Waals surface area contributed by atoms with Crippen LogP contribution in [0.15, 0.2) is 32.7 Å². The highest BCUT2D eigenvalue weighted by molar-refractivity contribution is 9.10. The number of aryl methyl sites for hydroxylation is 1. The van der Waals surface area contributed by atoms with E-state index < -0.39 is 0 Å². The van der Waals surface area contributed by atoms with Crippen molar-refractivity contribution in [3.8, 4) is 0 Å². The predicted molar refractivity (Wildman–Crippen MR) is 87.6 cm³/mol. The fourth-order valence-corrected chi connectivity index (χ4v) is 3.23. The minimum atomic E-state index is 0.723. The number of methoxy groups -OCH3 is 1. The first-order chi connectivity index (χ1) is 10.1. The minimum absolute atomic E-state index is 0.723. The van der Waals surface area contributed by atoms with Gasteiger partial charge >= 0.3 is 0 Å². The van der Waals surface area contributed by atoms with Gasteiger partial charge in [-0.25, -0.2) is 0 Å². The molecule has 0 bridgehead atoms. The van der Waals surface area contributed by atoms with Crippen LogP contribution >= 0.6 is 27.7 Å². The van der Waals surface area contributed by atoms with E-state index in [2.05, 4.69) is 49.6 Å². The van der Waals surface area contributed by atoms with Crippen LogP contribution in [0.2, 0.25) is 0 Å². The van der Waals surface area contributed by atoms with Crippen LogP contribution in [0.3, 0.4) is 0 Å². The van der Waals surface area contributed by atoms with Crippen LogP contribution < -0.4 is 5.32 Å². The molecule has 0 amide bonds. The molecule has 0 aliphatic heterocycles. The third-order valence-corrected chi connectivity index (χ3v) is 5.09. The van der Waals surface area contributed by atoms with Crippen LogP contribution in [0.25, 0.3) is 0 Å². The Morgan fingerprint density at radius 3 is 2.81 bits per heavy atom. The summed E-state index contributed by atoms with van der Waals surface area (Å²) in [5, 5.41) is 12.5. The third kappa shape index (κ3) is 4.54. The number of hydrogen-bond acceptors (Lipinski definition) is 5. The normalized spacial score (nSPS) is 11.0. The highest BCUT2D eigenvalue weighted by Crippen LogP contribution is 2.33. The maximum atomic E-state index is 5.01. The molecule has 2 aromatic rings. The molecule has 0 unspecified atom stereocenters. The third-order valence-electron chi connectivity index (χ3n) is 3.06. The van der Waals surface area contributed by atoms with Gasteiger partial charge in [-0.1, -0.05) is 6.07 Å². The monoisotopic (exact) mass is 370 g/mol. The molecule has 0 atom stereocenters. The highest BCUT2D eigenvalue weighted by atomic mass is 79.9. The molecule has 1 heterocycles. The van der Waals surface area contributed by atoms with Crippen molar-refractivity contribution < 1.29 is 4.74 Å². The molecule has 0 aliphatic carbocycles. The number of nitrogens with one attached hydrogen (secondary N) is 1. The van der Waals surface area contributed by atoms with E-state index >= 15 is 0 Å². The number of rotatable bonds is 7. The lowest BCUT2D eigenvalue weighted by Gasteiger charge is -2.08. The first kappa shape index (κ1) is 16.5. The SMILES string of the molecule is COCCNCc1ccc(Sc2nnc(C)n2C)c(Br)c1. The second-order valence-electron chi connectivity index (χ2n) is 4.63. The van der Waals surface area contributed by atoms with Crippen molar-refractivity contribution in [3.05, 3.63) is 34.1 Å². The molecule has 2 rings (SSSR count). The molecule has 0 saturated carbocycles. The maximum absolute atomic E-state index is 5.01. The average molecular weight is 371 g/mol. The fraction of sp³-hybridized carbons (Fsp3) is 0.429. The lowest BCUT2D eigenvalue weighted by Crippen LogP contribution is -2.18. The van der Waals surface area contributed by atoms with E-state index in [1.165, 1.54) is 5.56 Å². The van der Waals surface area contributed by atoms with Crippen LogP contribution in [0.4, 0.5) is 0 Å². The number of ether oxygens (including phenoxy) is 1. The Balaban J connectivity index is 2.00. The summed E-state index contributed by atoms with van der Waals surface area (Å²) in [5.74, 6) is 0.910. The second kappa shape index (κ2) is 7.93. The molecule has 0 radical (unpaired) electrons. The zero-order chi connectivity index (χ0) is 15.2. The lowest BCUT2D eigenvalue weighted by atomic mass is 10.2. The summed E-state index contributed by atoms with van der Waals surface area (Å²) >= 11 is 5.23. The Morgan fingerprint density at radius 1 is 1.38 bits per heavy atom. The van der Waals surface area contributed by atoms with E-state index in [0.29, 0.717) is 0 Å². The van der Waals surface area contributed by atoms with E-state index in [1.54, 1.807) is 18.9 Å². The smallest absolute Gasteiger partial charge is 0.195 e. The zero-order valence-electron chi connectivity index (χ0n) is 12.4. The van der Waals surface area contributed by atoms with Crippen LogP contribution in [0.5, 0.6) is 0 Å². The van der Waals surface area contributed by atoms with Crippen molar-refractivity contribution in [2.45, 2.75) is 23.5 Å². The van der Waals surface area contributed by atoms with Crippen LogP contribution in [0, 0.1) is 6.92 Å². The predicted octanol–water partition coefficient (Wildman–Crippen LogP) is 2.77. The van der Waals surface area contributed by atoms with Gasteiger partial charge in [0.15, 0.2) is 5.16 Å². The Labute approximate surface area is 137 Å². The summed E-state index contributed by atoms with van der Waals surface area (Å²) in [6, 6.07) is 6.35. The fourth-order valence-electron chi connectivity index (χ4n) is 1.72. The van der Waals surface area contributed by atoms with Crippen LogP contribution in [-0.2, 0) is 18.3 Å². The van der Waals surface area contributed by atoms with Gasteiger partial charge in [-0.2, -0.15) is 0 Å². The van der Waals surface area contributed by atoms with Crippen molar-refractivity contribution >= 4 is 27.7 Å². The van der Waals surface area contributed by atoms with Crippen molar-refractivity contribution in [1.82, 2.24) is 20.1 Å². The first-order valence-corrected chi connectivity index (χ1v) is 8.24. The Bertz CT molecular complexity index is 603. The molecule has 21 heavy (non-hydrogen) atoms. The molecule has 1 aromatic heterocycles. The molecule has 0 fully saturated rings. The van der Waals surface area contributed by atoms with Crippen LogP contribution in [-0.4, -0.2) is 35.0 Å². The van der Waals surface area contributed by atoms with E-state index in [1.807, 2.05) is 18.5 Å². The summed E-state index contributed by atoms with van der Waals surface area (Å²) in [5.41, 5.74) is 1.23. The average Bonchev–Trinajstić information content (AvgIpc) is 2.78. The molecule has 114 valence electrons. The van der Waals surface area contributed by atoms with E-state index in [-0.39, 0.29) is 0 Å². The summed E-state index contributed by atoms with van der Waals surface area (Å²) in [4.78, 5) is 1.13. The molecular weight excluding hydrogens is 352 g/mol. The van der Waals surface area contributed by atoms with Gasteiger partial charge in [0.25, 0.3) is 0 Å². The highest BCUT2D eigenvalue weighted by Gasteiger charge is 2.09. The molecular formula is C14H19BrN4OS. The number of hydrogen-bond donors (Lipinski definition) is 1. The molecule has 0 saturated heterocycles. The van der Waals surface area contributed by atoms with Gasteiger partial charge in [0.2, 0.25) is 0 Å². The van der Waals surface area contributed by atoms with E-state index in [0.717, 1.165) is 40.0 Å². The summed E-state index contributed by atoms with van der Waals surface area (Å²) in [7, 11) is 3.68. The van der Waals surface area contributed by atoms with Crippen molar-refractivity contribution in [1.29, 1.82) is 0 Å². The summed E-state index contributed by atoms with van der Waals surface area (Å²) < 4.78 is 8.06. The Morgan fingerprint density at radius 2 is 2.19 bits per heavy atom. The van der Waals surface area contributed by atoms with Gasteiger partial charge in [-0.05, 0) is 52.3 Å². The molecule has 5 nitrogen and oxygen atoms in total. The van der Waals surface area contributed by atoms with E-state index in [9.17, 15) is 0 Å². The van der Waals surface area contributed by atoms with Gasteiger partial charge in [0.1, 0.15) is 5.82 Å². The van der Waals surface area contributed by atoms with Crippen LogP contribution in [0.1, 0.15) is 11.4 Å². The van der Waals surface area contributed by atoms with Gasteiger partial charge in [-0.3, -0.25) is 0 Å². The van der Waals surface area contributed by atoms with E-state index in [4.69, 9.17) is 4.74 Å². The molecule has 1 N–H and O–H groups in total. The topological polar surface area (TPSA) is 52.0 Å². The number of benzene rings is 1. The Kier molecular flexibility index (Phi) is 6.22. The summed E-state index contributed by atoms with van der Waals surface area (Å²) in [6.07, 6.45) is 0. The molecule has 0 aliphatic rings. The van der Waals surface area contributed by atoms with Crippen molar-refractivity contribution in [2.24, 2.45) is 7.05 Å². The molecule has 0 spiro atoms. The molecule has 1 aromatic carbocycles. The van der Waals surface area contributed by atoms with Gasteiger partial charge in [0.05, 0.1) is 6.61 Å². The minimum Gasteiger partial charge on any atom is -0.383 e. The standard InChI is InChI=1S/C14H19BrN4OS/c1-10-17-18-14(19(10)2)21-13-5-4-11(8-12(13)15)9-16-6-7-20-3/h4-5,8,16H,6-7,9H2,1-3H3. The number of halogens is 1. The largest absolute Gasteiger partial charge is 0.383 e. The van der Waals surface area contributed by atoms with Crippen molar-refractivity contribution in [3.63, 3.8) is 0 Å². The zero-order valence-corrected chi connectivity index (χ0v) is 14.8. The summed E-state index contributed by atoms with van der Waals surface area (Å²) in [6.45, 7) is 4.35. The molecule has 7 heteroatoms. The van der Waals surface area contributed by atoms with Gasteiger partial charge in [0, 0.05) is 36.6 Å². The second-order valence-corrected chi connectivity index (χ2v) is 6.49. The quantitative estimate of drug-likeness (QED) is 0.759. The lowest BCUT2D eigenvalue weighted by molar-refractivity contribution is 0.199.